The summed E-state index contributed by atoms with van der Waals surface area (Å²) >= 11 is 0. The minimum Gasteiger partial charge on any atom is -0.356 e. The number of nitrogens with one attached hydrogen (secondary N) is 4. The molecule has 0 bridgehead atoms. The van der Waals surface area contributed by atoms with Crippen molar-refractivity contribution in [1.82, 2.24) is 25.9 Å². The van der Waals surface area contributed by atoms with Gasteiger partial charge in [0, 0.05) is 32.0 Å². The topological polar surface area (TPSA) is 98.9 Å². The van der Waals surface area contributed by atoms with E-state index in [9.17, 15) is 9.59 Å². The number of hydrogen-bond acceptors (Lipinski definition) is 3. The number of rotatable bonds is 9. The fourth-order valence-electron chi connectivity index (χ4n) is 3.63. The molecule has 0 spiro atoms. The summed E-state index contributed by atoms with van der Waals surface area (Å²) in [4.78, 5) is 31.6. The fraction of sp³-hybridized carbons (Fsp3) is 0.571. The van der Waals surface area contributed by atoms with Crippen molar-refractivity contribution >= 4 is 23.0 Å². The molecule has 7 heteroatoms. The number of imidazole rings is 1. The van der Waals surface area contributed by atoms with Gasteiger partial charge in [0.1, 0.15) is 5.82 Å². The number of fused-ring (bicyclic) bond motifs is 1. The van der Waals surface area contributed by atoms with Crippen molar-refractivity contribution in [3.05, 3.63) is 30.1 Å². The van der Waals surface area contributed by atoms with Crippen molar-refractivity contribution in [3.8, 4) is 0 Å². The summed E-state index contributed by atoms with van der Waals surface area (Å²) in [6.45, 7) is 1.15. The van der Waals surface area contributed by atoms with Crippen LogP contribution in [0.25, 0.3) is 11.0 Å². The first-order valence-electron chi connectivity index (χ1n) is 10.5. The van der Waals surface area contributed by atoms with Gasteiger partial charge < -0.3 is 20.9 Å². The molecule has 4 N–H and O–H groups in total. The van der Waals surface area contributed by atoms with Crippen molar-refractivity contribution < 1.29 is 9.59 Å². The highest BCUT2D eigenvalue weighted by Crippen LogP contribution is 2.17. The number of para-hydroxylation sites is 2. The second-order valence-electron chi connectivity index (χ2n) is 7.49. The molecule has 28 heavy (non-hydrogen) atoms. The first-order chi connectivity index (χ1) is 13.7. The van der Waals surface area contributed by atoms with E-state index in [1.807, 2.05) is 24.3 Å². The lowest BCUT2D eigenvalue weighted by molar-refractivity contribution is -0.121. The highest BCUT2D eigenvalue weighted by Gasteiger charge is 2.15. The molecule has 3 amide bonds. The second kappa shape index (κ2) is 10.7. The molecule has 0 aliphatic heterocycles. The van der Waals surface area contributed by atoms with Gasteiger partial charge in [-0.1, -0.05) is 31.4 Å². The number of carbonyl (C=O) groups excluding carboxylic acids is 2. The van der Waals surface area contributed by atoms with Gasteiger partial charge in [0.15, 0.2) is 0 Å². The summed E-state index contributed by atoms with van der Waals surface area (Å²) in [7, 11) is 0. The van der Waals surface area contributed by atoms with Crippen molar-refractivity contribution in [1.29, 1.82) is 0 Å². The number of benzene rings is 1. The van der Waals surface area contributed by atoms with Crippen LogP contribution in [0.4, 0.5) is 4.79 Å². The molecule has 0 atom stereocenters. The minimum atomic E-state index is -0.113. The lowest BCUT2D eigenvalue weighted by atomic mass is 9.96. The van der Waals surface area contributed by atoms with Crippen LogP contribution in [-0.2, 0) is 11.2 Å². The average molecular weight is 386 g/mol. The number of urea groups is 1. The molecule has 1 aliphatic carbocycles. The summed E-state index contributed by atoms with van der Waals surface area (Å²) in [5, 5.41) is 8.79. The van der Waals surface area contributed by atoms with Gasteiger partial charge in [0.05, 0.1) is 11.0 Å². The Morgan fingerprint density at radius 2 is 1.82 bits per heavy atom. The van der Waals surface area contributed by atoms with Crippen LogP contribution < -0.4 is 16.0 Å². The number of nitrogens with zero attached hydrogens (tertiary/aromatic N) is 1. The first-order valence-corrected chi connectivity index (χ1v) is 10.5. The van der Waals surface area contributed by atoms with Gasteiger partial charge in [0.25, 0.3) is 0 Å². The molecule has 1 heterocycles. The Morgan fingerprint density at radius 1 is 1.04 bits per heavy atom. The van der Waals surface area contributed by atoms with E-state index in [2.05, 4.69) is 25.9 Å². The Hall–Kier alpha value is -2.57. The van der Waals surface area contributed by atoms with Gasteiger partial charge in [-0.25, -0.2) is 9.78 Å². The van der Waals surface area contributed by atoms with Crippen LogP contribution in [0.1, 0.15) is 57.2 Å². The molecule has 1 saturated carbocycles. The Balaban J connectivity index is 1.21. The van der Waals surface area contributed by atoms with Crippen molar-refractivity contribution in [2.24, 2.45) is 0 Å². The Morgan fingerprint density at radius 3 is 2.64 bits per heavy atom. The largest absolute Gasteiger partial charge is 0.356 e. The van der Waals surface area contributed by atoms with Crippen LogP contribution in [-0.4, -0.2) is 41.0 Å². The van der Waals surface area contributed by atoms with Gasteiger partial charge >= 0.3 is 6.03 Å². The number of hydrogen-bond donors (Lipinski definition) is 4. The summed E-state index contributed by atoms with van der Waals surface area (Å²) in [5.41, 5.74) is 2.02. The van der Waals surface area contributed by atoms with E-state index in [1.54, 1.807) is 0 Å². The van der Waals surface area contributed by atoms with Crippen molar-refractivity contribution in [2.45, 2.75) is 63.8 Å². The number of aromatic nitrogens is 2. The summed E-state index contributed by atoms with van der Waals surface area (Å²) in [6, 6.07) is 8.15. The van der Waals surface area contributed by atoms with Crippen LogP contribution in [0, 0.1) is 0 Å². The quantitative estimate of drug-likeness (QED) is 0.499. The number of aromatic amines is 1. The van der Waals surface area contributed by atoms with Gasteiger partial charge in [-0.15, -0.1) is 0 Å². The monoisotopic (exact) mass is 385 g/mol. The normalized spacial score (nSPS) is 14.7. The molecule has 0 unspecified atom stereocenters. The molecular weight excluding hydrogens is 354 g/mol. The Labute approximate surface area is 166 Å². The van der Waals surface area contributed by atoms with Crippen molar-refractivity contribution in [3.63, 3.8) is 0 Å². The molecule has 152 valence electrons. The molecule has 7 nitrogen and oxygen atoms in total. The third-order valence-electron chi connectivity index (χ3n) is 5.16. The van der Waals surface area contributed by atoms with Gasteiger partial charge in [-0.05, 0) is 37.8 Å². The molecule has 3 rings (SSSR count). The SMILES string of the molecule is O=C(CCCNC(=O)NC1CCCCC1)NCCCc1nc2ccccc2[nH]1. The highest BCUT2D eigenvalue weighted by atomic mass is 16.2. The van der Waals surface area contributed by atoms with Crippen molar-refractivity contribution in [2.75, 3.05) is 13.1 Å². The zero-order chi connectivity index (χ0) is 19.6. The summed E-state index contributed by atoms with van der Waals surface area (Å²) in [6.07, 6.45) is 8.52. The van der Waals surface area contributed by atoms with E-state index in [0.29, 0.717) is 32.0 Å². The van der Waals surface area contributed by atoms with E-state index >= 15 is 0 Å². The van der Waals surface area contributed by atoms with Gasteiger partial charge in [0.2, 0.25) is 5.91 Å². The highest BCUT2D eigenvalue weighted by molar-refractivity contribution is 5.76. The van der Waals surface area contributed by atoms with E-state index < -0.39 is 0 Å². The smallest absolute Gasteiger partial charge is 0.315 e. The molecule has 1 aliphatic rings. The Bertz CT molecular complexity index is 734. The maximum Gasteiger partial charge on any atom is 0.315 e. The van der Waals surface area contributed by atoms with E-state index in [4.69, 9.17) is 0 Å². The van der Waals surface area contributed by atoms with E-state index in [0.717, 1.165) is 42.5 Å². The lowest BCUT2D eigenvalue weighted by Crippen LogP contribution is -2.43. The average Bonchev–Trinajstić information content (AvgIpc) is 3.12. The second-order valence-corrected chi connectivity index (χ2v) is 7.49. The maximum atomic E-state index is 11.9. The Kier molecular flexibility index (Phi) is 7.70. The predicted octanol–water partition coefficient (Wildman–Crippen LogP) is 3.02. The number of H-pyrrole nitrogens is 1. The minimum absolute atomic E-state index is 0.0269. The lowest BCUT2D eigenvalue weighted by Gasteiger charge is -2.22. The van der Waals surface area contributed by atoms with Gasteiger partial charge in [-0.3, -0.25) is 4.79 Å². The third-order valence-corrected chi connectivity index (χ3v) is 5.16. The zero-order valence-electron chi connectivity index (χ0n) is 16.4. The molecule has 2 aromatic rings. The zero-order valence-corrected chi connectivity index (χ0v) is 16.4. The predicted molar refractivity (Wildman–Crippen MR) is 110 cm³/mol. The number of carbonyl (C=O) groups is 2. The molecule has 0 saturated heterocycles. The molecule has 0 radical (unpaired) electrons. The van der Waals surface area contributed by atoms with Crippen LogP contribution in [0.3, 0.4) is 0 Å². The standard InChI is InChI=1S/C21H31N5O2/c27-20(13-7-15-23-21(28)24-16-8-2-1-3-9-16)22-14-6-12-19-25-17-10-4-5-11-18(17)26-19/h4-5,10-11,16H,1-3,6-9,12-15H2,(H,22,27)(H,25,26)(H2,23,24,28). The third kappa shape index (κ3) is 6.55. The van der Waals surface area contributed by atoms with E-state index in [-0.39, 0.29) is 11.9 Å². The van der Waals surface area contributed by atoms with Crippen LogP contribution in [0.15, 0.2) is 24.3 Å². The molecule has 1 aromatic heterocycles. The molecule has 1 aromatic carbocycles. The number of aryl methyl sites for hydroxylation is 1. The van der Waals surface area contributed by atoms with Gasteiger partial charge in [-0.2, -0.15) is 0 Å². The fourth-order valence-corrected chi connectivity index (χ4v) is 3.63. The van der Waals surface area contributed by atoms with Crippen LogP contribution >= 0.6 is 0 Å². The summed E-state index contributed by atoms with van der Waals surface area (Å²) < 4.78 is 0. The first kappa shape index (κ1) is 20.2. The summed E-state index contributed by atoms with van der Waals surface area (Å²) in [5.74, 6) is 0.975. The number of amides is 3. The molecule has 1 fully saturated rings. The van der Waals surface area contributed by atoms with E-state index in [1.165, 1.54) is 19.3 Å². The van der Waals surface area contributed by atoms with Crippen LogP contribution in [0.2, 0.25) is 0 Å². The van der Waals surface area contributed by atoms with Crippen LogP contribution in [0.5, 0.6) is 0 Å². The maximum absolute atomic E-state index is 11.9. The molecular formula is C21H31N5O2.